The Labute approximate surface area is 191 Å². The monoisotopic (exact) mass is 435 g/mol. The van der Waals surface area contributed by atoms with Crippen LogP contribution < -0.4 is 5.73 Å². The number of nitrogens with zero attached hydrogens (tertiary/aromatic N) is 4. The maximum atomic E-state index is 6.09. The molecule has 3 aromatic rings. The number of rotatable bonds is 7. The highest BCUT2D eigenvalue weighted by molar-refractivity contribution is 5.84. The van der Waals surface area contributed by atoms with E-state index < -0.39 is 0 Å². The van der Waals surface area contributed by atoms with E-state index in [2.05, 4.69) is 68.5 Å². The first kappa shape index (κ1) is 22.9. The number of pyridine rings is 2. The predicted molar refractivity (Wildman–Crippen MR) is 131 cm³/mol. The van der Waals surface area contributed by atoms with Gasteiger partial charge in [0.2, 0.25) is 0 Å². The van der Waals surface area contributed by atoms with Crippen molar-refractivity contribution in [3.63, 3.8) is 0 Å². The minimum absolute atomic E-state index is 0.375. The van der Waals surface area contributed by atoms with Crippen LogP contribution in [0, 0.1) is 13.8 Å². The molecule has 1 fully saturated rings. The largest absolute Gasteiger partial charge is 0.379 e. The molecule has 6 heteroatoms. The maximum absolute atomic E-state index is 6.09. The van der Waals surface area contributed by atoms with E-state index in [0.29, 0.717) is 18.5 Å². The van der Waals surface area contributed by atoms with E-state index >= 15 is 0 Å². The number of fused-ring (bicyclic) bond motifs is 1. The lowest BCUT2D eigenvalue weighted by Crippen LogP contribution is -2.39. The summed E-state index contributed by atoms with van der Waals surface area (Å²) in [4.78, 5) is 12.5. The van der Waals surface area contributed by atoms with Crippen molar-refractivity contribution in [3.05, 3.63) is 46.9 Å². The molecule has 32 heavy (non-hydrogen) atoms. The summed E-state index contributed by atoms with van der Waals surface area (Å²) >= 11 is 0. The summed E-state index contributed by atoms with van der Waals surface area (Å²) in [5.74, 6) is 0.375. The fourth-order valence-corrected chi connectivity index (χ4v) is 4.71. The Morgan fingerprint density at radius 1 is 1.09 bits per heavy atom. The number of nitrogens with two attached hydrogens (primary N) is 1. The average Bonchev–Trinajstić information content (AvgIpc) is 3.12. The lowest BCUT2D eigenvalue weighted by molar-refractivity contribution is 0.0315. The van der Waals surface area contributed by atoms with E-state index in [0.717, 1.165) is 73.0 Å². The van der Waals surface area contributed by atoms with Crippen LogP contribution in [-0.4, -0.2) is 52.3 Å². The predicted octanol–water partition coefficient (Wildman–Crippen LogP) is 4.58. The van der Waals surface area contributed by atoms with Crippen LogP contribution in [0.5, 0.6) is 0 Å². The molecule has 172 valence electrons. The summed E-state index contributed by atoms with van der Waals surface area (Å²) in [5.41, 5.74) is 14.8. The summed E-state index contributed by atoms with van der Waals surface area (Å²) in [7, 11) is 0. The molecular formula is C26H37N5O. The van der Waals surface area contributed by atoms with Crippen molar-refractivity contribution >= 4 is 11.0 Å². The van der Waals surface area contributed by atoms with Gasteiger partial charge in [0.15, 0.2) is 0 Å². The molecule has 0 amide bonds. The Kier molecular flexibility index (Phi) is 6.93. The van der Waals surface area contributed by atoms with Crippen LogP contribution in [0.1, 0.15) is 61.7 Å². The molecule has 1 aliphatic rings. The molecule has 0 aromatic carbocycles. The number of aromatic nitrogens is 3. The molecule has 0 unspecified atom stereocenters. The zero-order valence-corrected chi connectivity index (χ0v) is 20.2. The van der Waals surface area contributed by atoms with Crippen LogP contribution in [-0.2, 0) is 11.3 Å². The van der Waals surface area contributed by atoms with E-state index in [4.69, 9.17) is 20.4 Å². The molecular weight excluding hydrogens is 398 g/mol. The van der Waals surface area contributed by atoms with Crippen LogP contribution in [0.15, 0.2) is 24.4 Å². The quantitative estimate of drug-likeness (QED) is 0.588. The van der Waals surface area contributed by atoms with Gasteiger partial charge in [0.05, 0.1) is 35.6 Å². The minimum atomic E-state index is 0.375. The summed E-state index contributed by atoms with van der Waals surface area (Å²) in [5, 5.41) is 0. The molecule has 0 radical (unpaired) electrons. The second-order valence-corrected chi connectivity index (χ2v) is 9.31. The normalized spacial score (nSPS) is 16.2. The summed E-state index contributed by atoms with van der Waals surface area (Å²) in [6, 6.07) is 6.97. The average molecular weight is 436 g/mol. The van der Waals surface area contributed by atoms with Crippen molar-refractivity contribution in [2.45, 2.75) is 59.5 Å². The number of morpholine rings is 1. The molecule has 4 heterocycles. The SMILES string of the molecule is CC[C@@H](CN1CCOCC1)n1cc(C)c2nc(-c3ccc(C(C)C)nc3CN)c(C)cc21. The first-order valence-electron chi connectivity index (χ1n) is 11.9. The van der Waals surface area contributed by atoms with E-state index in [1.54, 1.807) is 0 Å². The number of hydrogen-bond acceptors (Lipinski definition) is 5. The van der Waals surface area contributed by atoms with Crippen LogP contribution >= 0.6 is 0 Å². The van der Waals surface area contributed by atoms with E-state index in [9.17, 15) is 0 Å². The Hall–Kier alpha value is -2.28. The summed E-state index contributed by atoms with van der Waals surface area (Å²) in [6.07, 6.45) is 3.36. The first-order chi connectivity index (χ1) is 15.4. The van der Waals surface area contributed by atoms with Gasteiger partial charge in [-0.3, -0.25) is 9.88 Å². The van der Waals surface area contributed by atoms with Crippen molar-refractivity contribution in [2.75, 3.05) is 32.8 Å². The third-order valence-electron chi connectivity index (χ3n) is 6.65. The Morgan fingerprint density at radius 2 is 1.84 bits per heavy atom. The van der Waals surface area contributed by atoms with Gasteiger partial charge in [-0.05, 0) is 55.5 Å². The smallest absolute Gasteiger partial charge is 0.0917 e. The number of aryl methyl sites for hydroxylation is 2. The molecule has 1 saturated heterocycles. The van der Waals surface area contributed by atoms with Gasteiger partial charge in [0.1, 0.15) is 0 Å². The van der Waals surface area contributed by atoms with Crippen molar-refractivity contribution in [2.24, 2.45) is 5.73 Å². The van der Waals surface area contributed by atoms with E-state index in [1.807, 2.05) is 0 Å². The lowest BCUT2D eigenvalue weighted by atomic mass is 10.0. The molecule has 2 N–H and O–H groups in total. The lowest BCUT2D eigenvalue weighted by Gasteiger charge is -2.31. The first-order valence-corrected chi connectivity index (χ1v) is 11.9. The standard InChI is InChI=1S/C26H37N5O/c1-6-20(16-30-9-11-32-12-10-30)31-15-19(5)26-24(31)13-18(4)25(29-26)21-7-8-22(17(2)3)28-23(21)14-27/h7-8,13,15,17,20H,6,9-12,14,16,27H2,1-5H3/t20-/m0/s1. The maximum Gasteiger partial charge on any atom is 0.0917 e. The summed E-state index contributed by atoms with van der Waals surface area (Å²) in [6.45, 7) is 16.0. The highest BCUT2D eigenvalue weighted by atomic mass is 16.5. The van der Waals surface area contributed by atoms with Crippen LogP contribution in [0.4, 0.5) is 0 Å². The van der Waals surface area contributed by atoms with E-state index in [1.165, 1.54) is 11.1 Å². The van der Waals surface area contributed by atoms with Gasteiger partial charge in [-0.2, -0.15) is 0 Å². The third-order valence-corrected chi connectivity index (χ3v) is 6.65. The zero-order chi connectivity index (χ0) is 22.8. The second kappa shape index (κ2) is 9.69. The molecule has 0 spiro atoms. The van der Waals surface area contributed by atoms with Crippen molar-refractivity contribution in [1.82, 2.24) is 19.4 Å². The van der Waals surface area contributed by atoms with Gasteiger partial charge in [-0.15, -0.1) is 0 Å². The van der Waals surface area contributed by atoms with Gasteiger partial charge in [-0.25, -0.2) is 4.98 Å². The molecule has 4 rings (SSSR count). The fraction of sp³-hybridized carbons (Fsp3) is 0.538. The van der Waals surface area contributed by atoms with Gasteiger partial charge in [0.25, 0.3) is 0 Å². The highest BCUT2D eigenvalue weighted by Gasteiger charge is 2.21. The molecule has 1 aliphatic heterocycles. The molecule has 6 nitrogen and oxygen atoms in total. The highest BCUT2D eigenvalue weighted by Crippen LogP contribution is 2.32. The van der Waals surface area contributed by atoms with E-state index in [-0.39, 0.29) is 0 Å². The number of hydrogen-bond donors (Lipinski definition) is 1. The van der Waals surface area contributed by atoms with Gasteiger partial charge >= 0.3 is 0 Å². The summed E-state index contributed by atoms with van der Waals surface area (Å²) < 4.78 is 7.97. The zero-order valence-electron chi connectivity index (χ0n) is 20.2. The van der Waals surface area contributed by atoms with Crippen LogP contribution in [0.25, 0.3) is 22.3 Å². The topological polar surface area (TPSA) is 69.2 Å². The molecule has 0 aliphatic carbocycles. The Bertz CT molecular complexity index is 1080. The third kappa shape index (κ3) is 4.45. The van der Waals surface area contributed by atoms with Crippen molar-refractivity contribution in [1.29, 1.82) is 0 Å². The van der Waals surface area contributed by atoms with Crippen LogP contribution in [0.2, 0.25) is 0 Å². The van der Waals surface area contributed by atoms with Crippen molar-refractivity contribution in [3.8, 4) is 11.3 Å². The van der Waals surface area contributed by atoms with Crippen molar-refractivity contribution < 1.29 is 4.74 Å². The molecule has 0 bridgehead atoms. The van der Waals surface area contributed by atoms with Gasteiger partial charge < -0.3 is 15.0 Å². The van der Waals surface area contributed by atoms with Gasteiger partial charge in [-0.1, -0.05) is 20.8 Å². The molecule has 0 saturated carbocycles. The molecule has 1 atom stereocenters. The Balaban J connectivity index is 1.74. The fourth-order valence-electron chi connectivity index (χ4n) is 4.71. The van der Waals surface area contributed by atoms with Gasteiger partial charge in [0, 0.05) is 49.7 Å². The Morgan fingerprint density at radius 3 is 2.50 bits per heavy atom. The minimum Gasteiger partial charge on any atom is -0.379 e. The number of ether oxygens (including phenoxy) is 1. The second-order valence-electron chi connectivity index (χ2n) is 9.31. The molecule has 3 aromatic heterocycles. The van der Waals surface area contributed by atoms with Crippen LogP contribution in [0.3, 0.4) is 0 Å².